The molecule has 1 saturated carbocycles. The highest BCUT2D eigenvalue weighted by Gasteiger charge is 2.65. The van der Waals surface area contributed by atoms with Crippen molar-refractivity contribution in [2.24, 2.45) is 5.92 Å². The van der Waals surface area contributed by atoms with Gasteiger partial charge in [0, 0.05) is 16.8 Å². The molecule has 1 aliphatic rings. The fourth-order valence-corrected chi connectivity index (χ4v) is 5.03. The minimum Gasteiger partial charge on any atom is -0.457 e. The summed E-state index contributed by atoms with van der Waals surface area (Å²) in [5, 5.41) is 10.3. The van der Waals surface area contributed by atoms with E-state index >= 15 is 8.78 Å². The summed E-state index contributed by atoms with van der Waals surface area (Å²) in [6.07, 6.45) is -12.5. The molecule has 0 heterocycles. The van der Waals surface area contributed by atoms with Crippen LogP contribution in [0.5, 0.6) is 11.5 Å². The summed E-state index contributed by atoms with van der Waals surface area (Å²) in [5.41, 5.74) is 0.368. The molecule has 0 bridgehead atoms. The van der Waals surface area contributed by atoms with Gasteiger partial charge >= 0.3 is 18.3 Å². The van der Waals surface area contributed by atoms with Gasteiger partial charge in [-0.2, -0.15) is 35.1 Å². The van der Waals surface area contributed by atoms with E-state index in [4.69, 9.17) is 16.3 Å². The first-order valence-corrected chi connectivity index (χ1v) is 12.5. The number of aryl methyl sites for hydroxylation is 1. The molecule has 3 nitrogen and oxygen atoms in total. The van der Waals surface area contributed by atoms with E-state index < -0.39 is 42.9 Å². The molecule has 38 heavy (non-hydrogen) atoms. The van der Waals surface area contributed by atoms with Gasteiger partial charge in [-0.05, 0) is 61.1 Å². The van der Waals surface area contributed by atoms with Crippen LogP contribution in [0.2, 0.25) is 5.02 Å². The Bertz CT molecular complexity index is 1070. The molecule has 2 unspecified atom stereocenters. The fraction of sp³-hybridized carbons (Fsp3) is 0.538. The van der Waals surface area contributed by atoms with Gasteiger partial charge in [0.15, 0.2) is 6.10 Å². The monoisotopic (exact) mass is 573 g/mol. The highest BCUT2D eigenvalue weighted by Crippen LogP contribution is 2.47. The van der Waals surface area contributed by atoms with Crippen LogP contribution >= 0.6 is 11.6 Å². The third kappa shape index (κ3) is 7.02. The molecule has 1 N–H and O–H groups in total. The van der Waals surface area contributed by atoms with Crippen LogP contribution in [0.15, 0.2) is 42.5 Å². The highest BCUT2D eigenvalue weighted by atomic mass is 35.5. The van der Waals surface area contributed by atoms with Crippen molar-refractivity contribution >= 4 is 17.3 Å². The molecular formula is C26H28ClF8NO2. The number of aliphatic hydroxyl groups is 1. The summed E-state index contributed by atoms with van der Waals surface area (Å²) in [6.45, 7) is 0.336. The lowest BCUT2D eigenvalue weighted by molar-refractivity contribution is -0.295. The van der Waals surface area contributed by atoms with Gasteiger partial charge in [0.25, 0.3) is 0 Å². The number of ether oxygens (including phenoxy) is 1. The summed E-state index contributed by atoms with van der Waals surface area (Å²) in [7, 11) is 0. The van der Waals surface area contributed by atoms with Crippen LogP contribution in [0.3, 0.4) is 0 Å². The maximum Gasteiger partial charge on any atom is 0.455 e. The Labute approximate surface area is 220 Å². The van der Waals surface area contributed by atoms with E-state index in [0.29, 0.717) is 35.6 Å². The summed E-state index contributed by atoms with van der Waals surface area (Å²) >= 11 is 6.10. The average molecular weight is 574 g/mol. The third-order valence-corrected chi connectivity index (χ3v) is 7.08. The Morgan fingerprint density at radius 3 is 2.16 bits per heavy atom. The second-order valence-corrected chi connectivity index (χ2v) is 9.79. The van der Waals surface area contributed by atoms with Gasteiger partial charge in [0.1, 0.15) is 17.5 Å². The molecule has 0 amide bonds. The Hall–Kier alpha value is -2.27. The van der Waals surface area contributed by atoms with E-state index in [1.165, 1.54) is 18.2 Å². The minimum atomic E-state index is -6.02. The zero-order valence-electron chi connectivity index (χ0n) is 20.4. The van der Waals surface area contributed by atoms with E-state index in [9.17, 15) is 31.4 Å². The van der Waals surface area contributed by atoms with Crippen LogP contribution in [-0.2, 0) is 6.42 Å². The van der Waals surface area contributed by atoms with Crippen molar-refractivity contribution in [3.05, 3.63) is 53.1 Å². The molecule has 0 radical (unpaired) electrons. The first-order chi connectivity index (χ1) is 17.6. The van der Waals surface area contributed by atoms with Gasteiger partial charge in [-0.15, -0.1) is 0 Å². The number of hydrogen-bond donors (Lipinski definition) is 1. The van der Waals surface area contributed by atoms with Gasteiger partial charge in [-0.3, -0.25) is 0 Å². The van der Waals surface area contributed by atoms with Gasteiger partial charge in [0.2, 0.25) is 0 Å². The zero-order chi connectivity index (χ0) is 28.3. The predicted octanol–water partition coefficient (Wildman–Crippen LogP) is 8.57. The molecule has 12 heteroatoms. The molecule has 0 aliphatic heterocycles. The lowest BCUT2D eigenvalue weighted by Gasteiger charge is -2.45. The normalized spacial score (nSPS) is 17.2. The lowest BCUT2D eigenvalue weighted by atomic mass is 9.80. The van der Waals surface area contributed by atoms with Crippen molar-refractivity contribution in [1.82, 2.24) is 0 Å². The Kier molecular flexibility index (Phi) is 9.45. The number of alkyl halides is 8. The second kappa shape index (κ2) is 11.9. The van der Waals surface area contributed by atoms with Crippen molar-refractivity contribution in [1.29, 1.82) is 0 Å². The van der Waals surface area contributed by atoms with Crippen LogP contribution in [0.4, 0.5) is 40.8 Å². The largest absolute Gasteiger partial charge is 0.457 e. The summed E-state index contributed by atoms with van der Waals surface area (Å²) in [6, 6.07) is 6.90. The van der Waals surface area contributed by atoms with Gasteiger partial charge < -0.3 is 14.7 Å². The van der Waals surface area contributed by atoms with Crippen LogP contribution < -0.4 is 9.64 Å². The van der Waals surface area contributed by atoms with E-state index in [1.807, 2.05) is 6.92 Å². The van der Waals surface area contributed by atoms with E-state index in [2.05, 4.69) is 0 Å². The van der Waals surface area contributed by atoms with Crippen molar-refractivity contribution in [3.8, 4) is 11.5 Å². The van der Waals surface area contributed by atoms with Crippen molar-refractivity contribution in [3.63, 3.8) is 0 Å². The Morgan fingerprint density at radius 2 is 1.58 bits per heavy atom. The standard InChI is InChI=1S/C26H28ClF8NO2/c1-2-16-13-20(11-12-21(16)27)38-19-10-6-9-18(14-19)36(15-22(37)25(30,31)32)23(17-7-4-3-5-8-17)24(28,29)26(33,34)35/h6,9-14,17,22-23,37H,2-5,7-8,15H2,1H3. The average Bonchev–Trinajstić information content (AvgIpc) is 2.84. The number of rotatable bonds is 9. The summed E-state index contributed by atoms with van der Waals surface area (Å²) in [4.78, 5) is 0.341. The maximum absolute atomic E-state index is 15.1. The number of aliphatic hydroxyl groups excluding tert-OH is 1. The van der Waals surface area contributed by atoms with Crippen molar-refractivity contribution in [2.45, 2.75) is 75.9 Å². The zero-order valence-corrected chi connectivity index (χ0v) is 21.2. The van der Waals surface area contributed by atoms with Gasteiger partial charge in [-0.25, -0.2) is 0 Å². The summed E-state index contributed by atoms with van der Waals surface area (Å²) < 4.78 is 117. The molecule has 0 saturated heterocycles. The first-order valence-electron chi connectivity index (χ1n) is 12.2. The smallest absolute Gasteiger partial charge is 0.455 e. The molecule has 1 fully saturated rings. The first kappa shape index (κ1) is 30.3. The van der Waals surface area contributed by atoms with E-state index in [-0.39, 0.29) is 30.0 Å². The van der Waals surface area contributed by atoms with Crippen molar-refractivity contribution < 1.29 is 45.0 Å². The number of anilines is 1. The van der Waals surface area contributed by atoms with Gasteiger partial charge in [-0.1, -0.05) is 43.9 Å². The Balaban J connectivity index is 2.08. The number of nitrogens with zero attached hydrogens (tertiary/aromatic N) is 1. The van der Waals surface area contributed by atoms with Crippen molar-refractivity contribution in [2.75, 3.05) is 11.4 Å². The molecular weight excluding hydrogens is 546 g/mol. The van der Waals surface area contributed by atoms with Crippen LogP contribution in [0.25, 0.3) is 0 Å². The molecule has 2 aromatic carbocycles. The third-order valence-electron chi connectivity index (χ3n) is 6.71. The molecule has 1 aliphatic carbocycles. The predicted molar refractivity (Wildman–Crippen MR) is 128 cm³/mol. The number of benzene rings is 2. The molecule has 0 spiro atoms. The maximum atomic E-state index is 15.1. The topological polar surface area (TPSA) is 32.7 Å². The molecule has 212 valence electrons. The van der Waals surface area contributed by atoms with Crippen LogP contribution in [0.1, 0.15) is 44.6 Å². The molecule has 3 rings (SSSR count). The number of halogens is 9. The van der Waals surface area contributed by atoms with Gasteiger partial charge in [0.05, 0.1) is 6.54 Å². The number of hydrogen-bond acceptors (Lipinski definition) is 3. The summed E-state index contributed by atoms with van der Waals surface area (Å²) in [5.74, 6) is -6.33. The SMILES string of the molecule is CCc1cc(Oc2cccc(N(CC(O)C(F)(F)F)C(C3CCCCC3)C(F)(F)C(F)(F)F)c2)ccc1Cl. The molecule has 0 aromatic heterocycles. The van der Waals surface area contributed by atoms with E-state index in [0.717, 1.165) is 17.7 Å². The van der Waals surface area contributed by atoms with Crippen LogP contribution in [-0.4, -0.2) is 42.1 Å². The van der Waals surface area contributed by atoms with E-state index in [1.54, 1.807) is 12.1 Å². The molecule has 2 aromatic rings. The minimum absolute atomic E-state index is 0.00362. The second-order valence-electron chi connectivity index (χ2n) is 9.38. The lowest BCUT2D eigenvalue weighted by Crippen LogP contribution is -2.61. The molecule has 2 atom stereocenters. The Morgan fingerprint density at radius 1 is 0.947 bits per heavy atom. The fourth-order valence-electron chi connectivity index (χ4n) is 4.78. The quantitative estimate of drug-likeness (QED) is 0.305. The highest BCUT2D eigenvalue weighted by molar-refractivity contribution is 6.31. The van der Waals surface area contributed by atoms with Crippen LogP contribution in [0, 0.1) is 5.92 Å².